The monoisotopic (exact) mass is 267 g/mol. The van der Waals surface area contributed by atoms with Gasteiger partial charge >= 0.3 is 12.0 Å². The van der Waals surface area contributed by atoms with Gasteiger partial charge in [-0.1, -0.05) is 6.42 Å². The standard InChI is InChI=1S/C13H21N3O3/c1-2-16(8-4-7-14)13(19)15-9-10-5-3-6-11(10)12(17)18/h10-11H,2-6,8-9H2,1H3,(H,15,19)(H,17,18). The van der Waals surface area contributed by atoms with Crippen molar-refractivity contribution in [2.45, 2.75) is 32.6 Å². The van der Waals surface area contributed by atoms with Crippen LogP contribution in [-0.4, -0.2) is 41.6 Å². The van der Waals surface area contributed by atoms with Crippen molar-refractivity contribution in [3.05, 3.63) is 0 Å². The van der Waals surface area contributed by atoms with E-state index in [-0.39, 0.29) is 17.9 Å². The molecule has 6 heteroatoms. The van der Waals surface area contributed by atoms with Gasteiger partial charge in [0.05, 0.1) is 18.4 Å². The molecule has 1 rings (SSSR count). The van der Waals surface area contributed by atoms with Gasteiger partial charge in [-0.15, -0.1) is 0 Å². The Labute approximate surface area is 113 Å². The molecule has 0 spiro atoms. The molecule has 2 atom stereocenters. The molecule has 0 aromatic carbocycles. The minimum absolute atomic E-state index is 0.0242. The van der Waals surface area contributed by atoms with Crippen molar-refractivity contribution in [1.29, 1.82) is 5.26 Å². The van der Waals surface area contributed by atoms with Gasteiger partial charge in [0.1, 0.15) is 0 Å². The molecule has 0 aliphatic heterocycles. The molecule has 2 amide bonds. The van der Waals surface area contributed by atoms with Crippen LogP contribution in [0.2, 0.25) is 0 Å². The summed E-state index contributed by atoms with van der Waals surface area (Å²) < 4.78 is 0. The molecule has 0 heterocycles. The van der Waals surface area contributed by atoms with Crippen molar-refractivity contribution < 1.29 is 14.7 Å². The number of nitrogens with zero attached hydrogens (tertiary/aromatic N) is 2. The van der Waals surface area contributed by atoms with Gasteiger partial charge in [0.25, 0.3) is 0 Å². The number of hydrogen-bond donors (Lipinski definition) is 2. The molecular formula is C13H21N3O3. The predicted molar refractivity (Wildman–Crippen MR) is 69.3 cm³/mol. The normalized spacial score (nSPS) is 21.7. The third kappa shape index (κ3) is 4.43. The number of carboxylic acid groups (broad SMARTS) is 1. The molecular weight excluding hydrogens is 246 g/mol. The Balaban J connectivity index is 2.40. The molecule has 106 valence electrons. The Bertz CT molecular complexity index is 365. The van der Waals surface area contributed by atoms with E-state index in [9.17, 15) is 9.59 Å². The van der Waals surface area contributed by atoms with Crippen molar-refractivity contribution >= 4 is 12.0 Å². The maximum atomic E-state index is 11.9. The fourth-order valence-electron chi connectivity index (χ4n) is 2.52. The smallest absolute Gasteiger partial charge is 0.317 e. The molecule has 6 nitrogen and oxygen atoms in total. The van der Waals surface area contributed by atoms with Crippen LogP contribution in [0.4, 0.5) is 4.79 Å². The van der Waals surface area contributed by atoms with Gasteiger partial charge in [-0.3, -0.25) is 4.79 Å². The summed E-state index contributed by atoms with van der Waals surface area (Å²) in [6, 6.07) is 1.79. The first kappa shape index (κ1) is 15.3. The minimum atomic E-state index is -0.770. The zero-order valence-electron chi connectivity index (χ0n) is 11.3. The molecule has 1 aliphatic carbocycles. The Morgan fingerprint density at radius 3 is 2.79 bits per heavy atom. The molecule has 19 heavy (non-hydrogen) atoms. The summed E-state index contributed by atoms with van der Waals surface area (Å²) >= 11 is 0. The van der Waals surface area contributed by atoms with Gasteiger partial charge in [0.2, 0.25) is 0 Å². The van der Waals surface area contributed by atoms with E-state index in [2.05, 4.69) is 5.32 Å². The van der Waals surface area contributed by atoms with Gasteiger partial charge in [-0.2, -0.15) is 5.26 Å². The van der Waals surface area contributed by atoms with Gasteiger partial charge < -0.3 is 15.3 Å². The number of carbonyl (C=O) groups is 2. The molecule has 1 aliphatic rings. The predicted octanol–water partition coefficient (Wildman–Crippen LogP) is 1.43. The van der Waals surface area contributed by atoms with Gasteiger partial charge in [-0.05, 0) is 25.7 Å². The highest BCUT2D eigenvalue weighted by Gasteiger charge is 2.33. The second-order valence-electron chi connectivity index (χ2n) is 4.81. The zero-order valence-corrected chi connectivity index (χ0v) is 11.3. The van der Waals surface area contributed by atoms with Crippen molar-refractivity contribution in [3.63, 3.8) is 0 Å². The van der Waals surface area contributed by atoms with E-state index >= 15 is 0 Å². The fraction of sp³-hybridized carbons (Fsp3) is 0.769. The second-order valence-corrected chi connectivity index (χ2v) is 4.81. The molecule has 0 radical (unpaired) electrons. The summed E-state index contributed by atoms with van der Waals surface area (Å²) in [5, 5.41) is 20.4. The number of carbonyl (C=O) groups excluding carboxylic acids is 1. The SMILES string of the molecule is CCN(CCC#N)C(=O)NCC1CCCC1C(=O)O. The first-order valence-electron chi connectivity index (χ1n) is 6.72. The summed E-state index contributed by atoms with van der Waals surface area (Å²) in [4.78, 5) is 24.5. The van der Waals surface area contributed by atoms with Crippen LogP contribution in [0, 0.1) is 23.2 Å². The first-order valence-corrected chi connectivity index (χ1v) is 6.72. The molecule has 1 fully saturated rings. The average Bonchev–Trinajstić information content (AvgIpc) is 2.85. The lowest BCUT2D eigenvalue weighted by Crippen LogP contribution is -2.43. The number of urea groups is 1. The van der Waals surface area contributed by atoms with Gasteiger partial charge in [0, 0.05) is 19.6 Å². The quantitative estimate of drug-likeness (QED) is 0.761. The van der Waals surface area contributed by atoms with Crippen molar-refractivity contribution in [3.8, 4) is 6.07 Å². The van der Waals surface area contributed by atoms with Crippen molar-refractivity contribution in [1.82, 2.24) is 10.2 Å². The van der Waals surface area contributed by atoms with Crippen LogP contribution in [-0.2, 0) is 4.79 Å². The molecule has 0 saturated heterocycles. The van der Waals surface area contributed by atoms with Crippen LogP contribution < -0.4 is 5.32 Å². The Kier molecular flexibility index (Phi) is 6.13. The Morgan fingerprint density at radius 1 is 1.47 bits per heavy atom. The van der Waals surface area contributed by atoms with Crippen molar-refractivity contribution in [2.24, 2.45) is 11.8 Å². The highest BCUT2D eigenvalue weighted by atomic mass is 16.4. The lowest BCUT2D eigenvalue weighted by molar-refractivity contribution is -0.142. The van der Waals surface area contributed by atoms with Crippen molar-refractivity contribution in [2.75, 3.05) is 19.6 Å². The molecule has 1 saturated carbocycles. The number of amides is 2. The highest BCUT2D eigenvalue weighted by Crippen LogP contribution is 2.31. The van der Waals surface area contributed by atoms with E-state index in [4.69, 9.17) is 10.4 Å². The summed E-state index contributed by atoms with van der Waals surface area (Å²) in [5.41, 5.74) is 0. The van der Waals surface area contributed by atoms with Crippen LogP contribution in [0.15, 0.2) is 0 Å². The van der Waals surface area contributed by atoms with E-state index in [1.54, 1.807) is 4.90 Å². The molecule has 2 unspecified atom stereocenters. The molecule has 2 N–H and O–H groups in total. The number of aliphatic carboxylic acids is 1. The lowest BCUT2D eigenvalue weighted by Gasteiger charge is -2.22. The maximum absolute atomic E-state index is 11.9. The topological polar surface area (TPSA) is 93.4 Å². The van der Waals surface area contributed by atoms with Crippen LogP contribution >= 0.6 is 0 Å². The molecule has 0 aromatic heterocycles. The van der Waals surface area contributed by atoms with E-state index < -0.39 is 5.97 Å². The lowest BCUT2D eigenvalue weighted by atomic mass is 9.96. The van der Waals surface area contributed by atoms with Crippen LogP contribution in [0.5, 0.6) is 0 Å². The average molecular weight is 267 g/mol. The first-order chi connectivity index (χ1) is 9.10. The second kappa shape index (κ2) is 7.62. The molecule has 0 bridgehead atoms. The van der Waals surface area contributed by atoms with E-state index in [1.165, 1.54) is 0 Å². The Morgan fingerprint density at radius 2 is 2.21 bits per heavy atom. The number of nitriles is 1. The van der Waals surface area contributed by atoms with E-state index in [0.29, 0.717) is 32.5 Å². The summed E-state index contributed by atoms with van der Waals surface area (Å²) in [7, 11) is 0. The molecule has 0 aromatic rings. The summed E-state index contributed by atoms with van der Waals surface area (Å²) in [5.74, 6) is -1.08. The number of hydrogen-bond acceptors (Lipinski definition) is 3. The minimum Gasteiger partial charge on any atom is -0.481 e. The summed E-state index contributed by atoms with van der Waals surface area (Å²) in [6.07, 6.45) is 2.76. The van der Waals surface area contributed by atoms with Crippen LogP contribution in [0.1, 0.15) is 32.6 Å². The van der Waals surface area contributed by atoms with Crippen LogP contribution in [0.3, 0.4) is 0 Å². The fourth-order valence-corrected chi connectivity index (χ4v) is 2.52. The Hall–Kier alpha value is -1.77. The van der Waals surface area contributed by atoms with Crippen LogP contribution in [0.25, 0.3) is 0 Å². The zero-order chi connectivity index (χ0) is 14.3. The van der Waals surface area contributed by atoms with Gasteiger partial charge in [0.15, 0.2) is 0 Å². The third-order valence-corrected chi connectivity index (χ3v) is 3.65. The number of rotatable bonds is 6. The number of nitrogens with one attached hydrogen (secondary N) is 1. The number of carboxylic acids is 1. The van der Waals surface area contributed by atoms with E-state index in [1.807, 2.05) is 13.0 Å². The van der Waals surface area contributed by atoms with E-state index in [0.717, 1.165) is 12.8 Å². The highest BCUT2D eigenvalue weighted by molar-refractivity contribution is 5.74. The van der Waals surface area contributed by atoms with Gasteiger partial charge in [-0.25, -0.2) is 4.79 Å². The summed E-state index contributed by atoms with van der Waals surface area (Å²) in [6.45, 7) is 3.21. The largest absolute Gasteiger partial charge is 0.481 e. The maximum Gasteiger partial charge on any atom is 0.317 e. The third-order valence-electron chi connectivity index (χ3n) is 3.65.